The Morgan fingerprint density at radius 1 is 1.00 bits per heavy atom. The van der Waals surface area contributed by atoms with Gasteiger partial charge < -0.3 is 15.3 Å². The van der Waals surface area contributed by atoms with E-state index in [4.69, 9.17) is 5.11 Å². The lowest BCUT2D eigenvalue weighted by atomic mass is 10.0. The maximum Gasteiger partial charge on any atom is 0.0751 e. The highest BCUT2D eigenvalue weighted by atomic mass is 16.3. The summed E-state index contributed by atoms with van der Waals surface area (Å²) in [4.78, 5) is 0. The van der Waals surface area contributed by atoms with Gasteiger partial charge >= 0.3 is 0 Å². The van der Waals surface area contributed by atoms with Crippen LogP contribution in [0.5, 0.6) is 0 Å². The zero-order valence-electron chi connectivity index (χ0n) is 9.60. The largest absolute Gasteiger partial charge is 0.516 e. The van der Waals surface area contributed by atoms with E-state index in [1.165, 1.54) is 0 Å². The normalized spacial score (nSPS) is 15.7. The summed E-state index contributed by atoms with van der Waals surface area (Å²) >= 11 is 0. The van der Waals surface area contributed by atoms with E-state index in [9.17, 15) is 10.2 Å². The van der Waals surface area contributed by atoms with Gasteiger partial charge in [-0.05, 0) is 32.1 Å². The van der Waals surface area contributed by atoms with Gasteiger partial charge in [0.25, 0.3) is 0 Å². The Kier molecular flexibility index (Phi) is 9.63. The van der Waals surface area contributed by atoms with Crippen LogP contribution < -0.4 is 0 Å². The number of hydrogen-bond acceptors (Lipinski definition) is 3. The van der Waals surface area contributed by atoms with Crippen molar-refractivity contribution in [3.8, 4) is 0 Å². The van der Waals surface area contributed by atoms with Crippen LogP contribution in [0.4, 0.5) is 0 Å². The van der Waals surface area contributed by atoms with Crippen LogP contribution in [0.25, 0.3) is 0 Å². The fourth-order valence-electron chi connectivity index (χ4n) is 1.47. The minimum absolute atomic E-state index is 0.181. The van der Waals surface area contributed by atoms with Gasteiger partial charge in [0.15, 0.2) is 0 Å². The zero-order valence-corrected chi connectivity index (χ0v) is 9.60. The first kappa shape index (κ1) is 14.5. The zero-order chi connectivity index (χ0) is 11.5. The molecule has 0 aliphatic heterocycles. The van der Waals surface area contributed by atoms with E-state index < -0.39 is 0 Å². The minimum atomic E-state index is -0.278. The monoisotopic (exact) mass is 216 g/mol. The van der Waals surface area contributed by atoms with E-state index in [0.717, 1.165) is 44.8 Å². The number of aliphatic hydroxyl groups excluding tert-OH is 3. The predicted octanol–water partition coefficient (Wildman–Crippen LogP) is 2.53. The van der Waals surface area contributed by atoms with Crippen LogP contribution in [-0.2, 0) is 0 Å². The van der Waals surface area contributed by atoms with Crippen molar-refractivity contribution in [2.75, 3.05) is 0 Å². The van der Waals surface area contributed by atoms with Crippen LogP contribution >= 0.6 is 0 Å². The highest BCUT2D eigenvalue weighted by Crippen LogP contribution is 2.10. The van der Waals surface area contributed by atoms with E-state index in [-0.39, 0.29) is 12.2 Å². The molecule has 2 unspecified atom stereocenters. The molecule has 3 nitrogen and oxygen atoms in total. The fourth-order valence-corrected chi connectivity index (χ4v) is 1.47. The van der Waals surface area contributed by atoms with Gasteiger partial charge in [-0.3, -0.25) is 0 Å². The third kappa shape index (κ3) is 9.76. The smallest absolute Gasteiger partial charge is 0.0751 e. The van der Waals surface area contributed by atoms with Crippen molar-refractivity contribution in [1.29, 1.82) is 0 Å². The summed E-state index contributed by atoms with van der Waals surface area (Å²) in [5.74, 6) is 0. The number of aliphatic hydroxyl groups is 3. The van der Waals surface area contributed by atoms with Gasteiger partial charge in [0.1, 0.15) is 0 Å². The molecule has 15 heavy (non-hydrogen) atoms. The summed E-state index contributed by atoms with van der Waals surface area (Å²) in [5.41, 5.74) is 0. The Hall–Kier alpha value is -0.540. The average molecular weight is 216 g/mol. The van der Waals surface area contributed by atoms with Crippen molar-refractivity contribution in [1.82, 2.24) is 0 Å². The summed E-state index contributed by atoms with van der Waals surface area (Å²) in [6, 6.07) is 0. The lowest BCUT2D eigenvalue weighted by Gasteiger charge is -2.10. The van der Waals surface area contributed by atoms with Gasteiger partial charge in [-0.25, -0.2) is 0 Å². The van der Waals surface area contributed by atoms with Crippen molar-refractivity contribution in [2.24, 2.45) is 0 Å². The summed E-state index contributed by atoms with van der Waals surface area (Å²) in [7, 11) is 0. The Balaban J connectivity index is 3.27. The number of unbranched alkanes of at least 4 members (excludes halogenated alkanes) is 1. The van der Waals surface area contributed by atoms with Crippen molar-refractivity contribution >= 4 is 0 Å². The Labute approximate surface area is 92.4 Å². The van der Waals surface area contributed by atoms with Crippen molar-refractivity contribution in [3.63, 3.8) is 0 Å². The Morgan fingerprint density at radius 2 is 1.60 bits per heavy atom. The van der Waals surface area contributed by atoms with E-state index in [1.807, 2.05) is 6.92 Å². The second-order valence-corrected chi connectivity index (χ2v) is 3.96. The molecule has 0 bridgehead atoms. The molecule has 0 aromatic rings. The molecule has 0 aliphatic carbocycles. The molecule has 0 heterocycles. The molecule has 90 valence electrons. The molecule has 0 aromatic heterocycles. The van der Waals surface area contributed by atoms with Gasteiger partial charge in [0.05, 0.1) is 18.5 Å². The number of allylic oxidation sites excluding steroid dienone is 1. The Morgan fingerprint density at radius 3 is 2.13 bits per heavy atom. The molecule has 0 spiro atoms. The van der Waals surface area contributed by atoms with Crippen LogP contribution in [0.2, 0.25) is 0 Å². The maximum absolute atomic E-state index is 9.52. The number of hydrogen-bond donors (Lipinski definition) is 3. The topological polar surface area (TPSA) is 60.7 Å². The first-order valence-corrected chi connectivity index (χ1v) is 5.86. The molecule has 0 aliphatic rings. The summed E-state index contributed by atoms with van der Waals surface area (Å²) < 4.78 is 0. The first-order chi connectivity index (χ1) is 7.20. The van der Waals surface area contributed by atoms with E-state index >= 15 is 0 Å². The quantitative estimate of drug-likeness (QED) is 0.410. The standard InChI is InChI=1S/C12H24O3/c1-2-11(14)7-3-4-8-12(15)9-5-6-10-13/h6,10-15H,2-5,7-9H2,1H3. The van der Waals surface area contributed by atoms with Gasteiger partial charge in [0.2, 0.25) is 0 Å². The lowest BCUT2D eigenvalue weighted by molar-refractivity contribution is 0.138. The average Bonchev–Trinajstić information content (AvgIpc) is 2.24. The molecular weight excluding hydrogens is 192 g/mol. The van der Waals surface area contributed by atoms with Gasteiger partial charge in [-0.15, -0.1) is 0 Å². The highest BCUT2D eigenvalue weighted by Gasteiger charge is 2.04. The molecule has 0 saturated heterocycles. The second-order valence-electron chi connectivity index (χ2n) is 3.96. The molecule has 0 fully saturated rings. The van der Waals surface area contributed by atoms with Crippen molar-refractivity contribution in [3.05, 3.63) is 12.3 Å². The van der Waals surface area contributed by atoms with E-state index in [2.05, 4.69) is 0 Å². The lowest BCUT2D eigenvalue weighted by Crippen LogP contribution is -2.07. The Bertz CT molecular complexity index is 157. The molecule has 3 heteroatoms. The van der Waals surface area contributed by atoms with E-state index in [1.54, 1.807) is 6.08 Å². The van der Waals surface area contributed by atoms with Crippen molar-refractivity contribution < 1.29 is 15.3 Å². The first-order valence-electron chi connectivity index (χ1n) is 5.86. The highest BCUT2D eigenvalue weighted by molar-refractivity contribution is 4.73. The van der Waals surface area contributed by atoms with Crippen LogP contribution in [0.3, 0.4) is 0 Å². The van der Waals surface area contributed by atoms with Crippen LogP contribution in [0.15, 0.2) is 12.3 Å². The molecule has 2 atom stereocenters. The molecule has 0 amide bonds. The SMILES string of the molecule is CCC(O)CCCCC(O)CCC=CO. The van der Waals surface area contributed by atoms with Crippen LogP contribution in [-0.4, -0.2) is 27.5 Å². The minimum Gasteiger partial charge on any atom is -0.516 e. The van der Waals surface area contributed by atoms with E-state index in [0.29, 0.717) is 6.42 Å². The van der Waals surface area contributed by atoms with Crippen LogP contribution in [0, 0.1) is 0 Å². The third-order valence-corrected chi connectivity index (χ3v) is 2.57. The molecule has 3 N–H and O–H groups in total. The predicted molar refractivity (Wildman–Crippen MR) is 61.8 cm³/mol. The number of rotatable bonds is 9. The molecule has 0 rings (SSSR count). The molecular formula is C12H24O3. The third-order valence-electron chi connectivity index (χ3n) is 2.57. The fraction of sp³-hybridized carbons (Fsp3) is 0.833. The molecule has 0 aromatic carbocycles. The van der Waals surface area contributed by atoms with Crippen LogP contribution in [0.1, 0.15) is 51.9 Å². The summed E-state index contributed by atoms with van der Waals surface area (Å²) in [5, 5.41) is 27.2. The second kappa shape index (κ2) is 9.99. The molecule has 0 radical (unpaired) electrons. The molecule has 0 saturated carbocycles. The summed E-state index contributed by atoms with van der Waals surface area (Å²) in [6.45, 7) is 1.97. The van der Waals surface area contributed by atoms with Gasteiger partial charge in [0, 0.05) is 0 Å². The van der Waals surface area contributed by atoms with Gasteiger partial charge in [-0.1, -0.05) is 25.8 Å². The maximum atomic E-state index is 9.52. The van der Waals surface area contributed by atoms with Gasteiger partial charge in [-0.2, -0.15) is 0 Å². The summed E-state index contributed by atoms with van der Waals surface area (Å²) in [6.07, 6.45) is 7.98. The van der Waals surface area contributed by atoms with Crippen molar-refractivity contribution in [2.45, 2.75) is 64.1 Å².